The van der Waals surface area contributed by atoms with Crippen molar-refractivity contribution in [3.8, 4) is 5.75 Å². The number of thioether (sulfide) groups is 1. The summed E-state index contributed by atoms with van der Waals surface area (Å²) in [4.78, 5) is 24.1. The van der Waals surface area contributed by atoms with E-state index in [0.29, 0.717) is 30.7 Å². The van der Waals surface area contributed by atoms with E-state index in [1.54, 1.807) is 48.5 Å². The predicted octanol–water partition coefficient (Wildman–Crippen LogP) is 4.50. The van der Waals surface area contributed by atoms with Gasteiger partial charge < -0.3 is 15.4 Å². The van der Waals surface area contributed by atoms with Crippen LogP contribution in [0.15, 0.2) is 47.4 Å². The number of halogens is 2. The Balaban J connectivity index is 1.60. The number of thiocarbonyl (C=S) groups is 1. The largest absolute Gasteiger partial charge is 0.482 e. The van der Waals surface area contributed by atoms with Crippen molar-refractivity contribution in [3.05, 3.63) is 63.0 Å². The Morgan fingerprint density at radius 2 is 1.96 bits per heavy atom. The Hall–Kier alpha value is -2.06. The minimum atomic E-state index is -0.327. The lowest BCUT2D eigenvalue weighted by atomic mass is 10.2. The summed E-state index contributed by atoms with van der Waals surface area (Å²) in [7, 11) is 0. The van der Waals surface area contributed by atoms with E-state index in [4.69, 9.17) is 40.2 Å². The zero-order valence-corrected chi connectivity index (χ0v) is 16.8. The monoisotopic (exact) mass is 438 g/mol. The highest BCUT2D eigenvalue weighted by Gasteiger charge is 2.22. The minimum absolute atomic E-state index is 0.199. The molecule has 0 bridgehead atoms. The lowest BCUT2D eigenvalue weighted by Gasteiger charge is -2.09. The van der Waals surface area contributed by atoms with E-state index in [1.165, 1.54) is 11.8 Å². The van der Waals surface area contributed by atoms with Crippen molar-refractivity contribution in [1.82, 2.24) is 5.32 Å². The number of carbonyl (C=O) groups excluding carboxylic acids is 2. The van der Waals surface area contributed by atoms with Crippen LogP contribution in [0.1, 0.15) is 5.56 Å². The van der Waals surface area contributed by atoms with Crippen LogP contribution in [-0.4, -0.2) is 22.7 Å². The molecule has 9 heteroatoms. The van der Waals surface area contributed by atoms with Gasteiger partial charge >= 0.3 is 0 Å². The van der Waals surface area contributed by atoms with Gasteiger partial charge in [0.05, 0.1) is 9.93 Å². The van der Waals surface area contributed by atoms with Crippen LogP contribution in [0.2, 0.25) is 10.0 Å². The van der Waals surface area contributed by atoms with Crippen molar-refractivity contribution in [3.63, 3.8) is 0 Å². The van der Waals surface area contributed by atoms with Gasteiger partial charge in [0.25, 0.3) is 11.8 Å². The van der Waals surface area contributed by atoms with Gasteiger partial charge in [-0.3, -0.25) is 9.59 Å². The molecule has 2 amide bonds. The van der Waals surface area contributed by atoms with Crippen LogP contribution in [-0.2, 0) is 9.59 Å². The van der Waals surface area contributed by atoms with Crippen molar-refractivity contribution in [1.29, 1.82) is 0 Å². The molecule has 1 fully saturated rings. The summed E-state index contributed by atoms with van der Waals surface area (Å²) < 4.78 is 5.88. The average Bonchev–Trinajstić information content (AvgIpc) is 2.93. The maximum absolute atomic E-state index is 12.0. The smallest absolute Gasteiger partial charge is 0.263 e. The summed E-state index contributed by atoms with van der Waals surface area (Å²) in [6.07, 6.45) is 1.68. The number of amides is 2. The summed E-state index contributed by atoms with van der Waals surface area (Å²) in [5.41, 5.74) is 1.34. The molecule has 0 aliphatic carbocycles. The van der Waals surface area contributed by atoms with Crippen LogP contribution in [0.3, 0.4) is 0 Å². The maximum Gasteiger partial charge on any atom is 0.263 e. The van der Waals surface area contributed by atoms with Crippen LogP contribution in [0, 0.1) is 0 Å². The number of carbonyl (C=O) groups is 2. The number of hydrogen-bond acceptors (Lipinski definition) is 5. The fourth-order valence-electron chi connectivity index (χ4n) is 2.17. The quantitative estimate of drug-likeness (QED) is 0.531. The number of hydrogen-bond donors (Lipinski definition) is 2. The van der Waals surface area contributed by atoms with Crippen LogP contribution < -0.4 is 15.4 Å². The molecule has 0 radical (unpaired) electrons. The van der Waals surface area contributed by atoms with Gasteiger partial charge in [0.2, 0.25) is 0 Å². The number of anilines is 1. The van der Waals surface area contributed by atoms with E-state index in [9.17, 15) is 9.59 Å². The average molecular weight is 439 g/mol. The highest BCUT2D eigenvalue weighted by Crippen LogP contribution is 2.30. The zero-order chi connectivity index (χ0) is 19.4. The second kappa shape index (κ2) is 8.75. The van der Waals surface area contributed by atoms with Crippen LogP contribution in [0.5, 0.6) is 5.75 Å². The molecule has 0 spiro atoms. The summed E-state index contributed by atoms with van der Waals surface area (Å²) in [5.74, 6) is -0.198. The first-order valence-electron chi connectivity index (χ1n) is 7.63. The summed E-state index contributed by atoms with van der Waals surface area (Å²) >= 11 is 18.1. The van der Waals surface area contributed by atoms with Gasteiger partial charge in [0.15, 0.2) is 6.61 Å². The first-order chi connectivity index (χ1) is 12.9. The van der Waals surface area contributed by atoms with Gasteiger partial charge in [-0.1, -0.05) is 53.2 Å². The molecule has 2 aromatic rings. The van der Waals surface area contributed by atoms with Gasteiger partial charge in [0, 0.05) is 10.7 Å². The van der Waals surface area contributed by atoms with Crippen molar-refractivity contribution in [2.24, 2.45) is 0 Å². The molecule has 1 aliphatic heterocycles. The lowest BCUT2D eigenvalue weighted by Crippen LogP contribution is -2.20. The number of nitrogens with one attached hydrogen (secondary N) is 2. The number of ether oxygens (including phenoxy) is 1. The van der Waals surface area contributed by atoms with E-state index < -0.39 is 0 Å². The molecule has 2 N–H and O–H groups in total. The van der Waals surface area contributed by atoms with Gasteiger partial charge in [-0.15, -0.1) is 0 Å². The molecule has 1 heterocycles. The van der Waals surface area contributed by atoms with Crippen LogP contribution >= 0.6 is 47.2 Å². The molecule has 5 nitrogen and oxygen atoms in total. The zero-order valence-electron chi connectivity index (χ0n) is 13.6. The summed E-state index contributed by atoms with van der Waals surface area (Å²) in [5, 5.41) is 6.15. The van der Waals surface area contributed by atoms with Gasteiger partial charge in [0.1, 0.15) is 10.1 Å². The van der Waals surface area contributed by atoms with Gasteiger partial charge in [-0.25, -0.2) is 0 Å². The van der Waals surface area contributed by atoms with E-state index >= 15 is 0 Å². The van der Waals surface area contributed by atoms with Crippen LogP contribution in [0.4, 0.5) is 5.69 Å². The molecule has 0 unspecified atom stereocenters. The second-order valence-corrected chi connectivity index (χ2v) is 7.95. The first-order valence-corrected chi connectivity index (χ1v) is 9.61. The molecule has 0 atom stereocenters. The Kier molecular flexibility index (Phi) is 6.38. The molecule has 0 aromatic heterocycles. The molecule has 0 saturated carbocycles. The van der Waals surface area contributed by atoms with Crippen molar-refractivity contribution in [2.45, 2.75) is 0 Å². The third-order valence-corrected chi connectivity index (χ3v) is 5.09. The standard InChI is InChI=1S/C18H12Cl2N2O3S2/c19-11-2-4-12(5-3-11)21-16(23)9-25-14-6-1-10(7-13(14)20)8-15-17(24)22-18(26)27-15/h1-8H,9H2,(H,21,23)(H,22,24,26)/b15-8-. The first kappa shape index (κ1) is 19.7. The highest BCUT2D eigenvalue weighted by atomic mass is 35.5. The normalized spacial score (nSPS) is 15.0. The molecule has 1 aliphatic rings. The molecule has 27 heavy (non-hydrogen) atoms. The number of benzene rings is 2. The SMILES string of the molecule is O=C(COc1ccc(/C=C2\SC(=S)NC2=O)cc1Cl)Nc1ccc(Cl)cc1. The molecular weight excluding hydrogens is 427 g/mol. The van der Waals surface area contributed by atoms with Crippen LogP contribution in [0.25, 0.3) is 6.08 Å². The fraction of sp³-hybridized carbons (Fsp3) is 0.0556. The fourth-order valence-corrected chi connectivity index (χ4v) is 3.58. The Bertz CT molecular complexity index is 946. The molecule has 3 rings (SSSR count). The van der Waals surface area contributed by atoms with Gasteiger partial charge in [-0.05, 0) is 48.0 Å². The van der Waals surface area contributed by atoms with E-state index in [1.807, 2.05) is 0 Å². The third-order valence-electron chi connectivity index (χ3n) is 3.38. The highest BCUT2D eigenvalue weighted by molar-refractivity contribution is 8.26. The molecular formula is C18H12Cl2N2O3S2. The van der Waals surface area contributed by atoms with Gasteiger partial charge in [-0.2, -0.15) is 0 Å². The maximum atomic E-state index is 12.0. The molecule has 1 saturated heterocycles. The second-order valence-electron chi connectivity index (χ2n) is 5.39. The number of rotatable bonds is 5. The van der Waals surface area contributed by atoms with Crippen molar-refractivity contribution in [2.75, 3.05) is 11.9 Å². The minimum Gasteiger partial charge on any atom is -0.482 e. The molecule has 138 valence electrons. The van der Waals surface area contributed by atoms with Crippen molar-refractivity contribution >= 4 is 75.1 Å². The van der Waals surface area contributed by atoms with E-state index in [2.05, 4.69) is 10.6 Å². The topological polar surface area (TPSA) is 67.4 Å². The Labute approximate surface area is 175 Å². The van der Waals surface area contributed by atoms with E-state index in [-0.39, 0.29) is 18.4 Å². The summed E-state index contributed by atoms with van der Waals surface area (Å²) in [6.45, 7) is -0.199. The Morgan fingerprint density at radius 3 is 2.59 bits per heavy atom. The Morgan fingerprint density at radius 1 is 1.22 bits per heavy atom. The summed E-state index contributed by atoms with van der Waals surface area (Å²) in [6, 6.07) is 11.8. The predicted molar refractivity (Wildman–Crippen MR) is 113 cm³/mol. The van der Waals surface area contributed by atoms with Crippen molar-refractivity contribution < 1.29 is 14.3 Å². The van der Waals surface area contributed by atoms with E-state index in [0.717, 1.165) is 5.56 Å². The molecule has 2 aromatic carbocycles. The lowest BCUT2D eigenvalue weighted by molar-refractivity contribution is -0.118. The third kappa shape index (κ3) is 5.46.